The van der Waals surface area contributed by atoms with E-state index in [1.807, 2.05) is 6.07 Å². The summed E-state index contributed by atoms with van der Waals surface area (Å²) in [5.74, 6) is -0.917. The molecule has 0 spiro atoms. The molecule has 0 aromatic heterocycles. The molecule has 3 nitrogen and oxygen atoms in total. The van der Waals surface area contributed by atoms with Crippen LogP contribution in [0.3, 0.4) is 0 Å². The van der Waals surface area contributed by atoms with Crippen molar-refractivity contribution < 1.29 is 15.0 Å². The number of aromatic carboxylic acids is 1. The van der Waals surface area contributed by atoms with E-state index in [2.05, 4.69) is 0 Å². The molecule has 1 saturated carbocycles. The molecule has 0 bridgehead atoms. The van der Waals surface area contributed by atoms with Gasteiger partial charge in [0.15, 0.2) is 0 Å². The number of carboxylic acids is 1. The van der Waals surface area contributed by atoms with Gasteiger partial charge in [0.25, 0.3) is 0 Å². The number of benzene rings is 1. The van der Waals surface area contributed by atoms with Crippen LogP contribution in [-0.4, -0.2) is 21.8 Å². The lowest BCUT2D eigenvalue weighted by Gasteiger charge is -2.32. The van der Waals surface area contributed by atoms with Crippen LogP contribution in [0.4, 0.5) is 0 Å². The van der Waals surface area contributed by atoms with Crippen LogP contribution in [0.1, 0.15) is 48.0 Å². The number of carboxylic acid groups (broad SMARTS) is 1. The molecule has 0 saturated heterocycles. The maximum Gasteiger partial charge on any atom is 0.335 e. The first-order valence-corrected chi connectivity index (χ1v) is 6.14. The van der Waals surface area contributed by atoms with E-state index in [0.717, 1.165) is 31.2 Å². The van der Waals surface area contributed by atoms with Gasteiger partial charge in [-0.1, -0.05) is 37.5 Å². The van der Waals surface area contributed by atoms with Gasteiger partial charge in [0.05, 0.1) is 11.2 Å². The Morgan fingerprint density at radius 2 is 1.82 bits per heavy atom. The largest absolute Gasteiger partial charge is 0.478 e. The molecule has 92 valence electrons. The number of carbonyl (C=O) groups is 1. The predicted molar refractivity (Wildman–Crippen MR) is 65.1 cm³/mol. The summed E-state index contributed by atoms with van der Waals surface area (Å²) in [6, 6.07) is 6.95. The maximum atomic E-state index is 11.1. The molecule has 2 rings (SSSR count). The Hall–Kier alpha value is -1.35. The van der Waals surface area contributed by atoms with Crippen LogP contribution < -0.4 is 0 Å². The van der Waals surface area contributed by atoms with Gasteiger partial charge < -0.3 is 10.2 Å². The normalized spacial score (nSPS) is 18.9. The van der Waals surface area contributed by atoms with Gasteiger partial charge in [-0.2, -0.15) is 0 Å². The smallest absolute Gasteiger partial charge is 0.335 e. The number of hydrogen-bond donors (Lipinski definition) is 2. The van der Waals surface area contributed by atoms with E-state index in [-0.39, 0.29) is 0 Å². The van der Waals surface area contributed by atoms with Crippen molar-refractivity contribution in [3.05, 3.63) is 35.4 Å². The molecule has 2 N–H and O–H groups in total. The summed E-state index contributed by atoms with van der Waals surface area (Å²) in [7, 11) is 0. The summed E-state index contributed by atoms with van der Waals surface area (Å²) >= 11 is 0. The molecule has 1 aromatic carbocycles. The van der Waals surface area contributed by atoms with E-state index in [9.17, 15) is 9.90 Å². The zero-order chi connectivity index (χ0) is 12.3. The third-order valence-corrected chi connectivity index (χ3v) is 3.55. The second-order valence-electron chi connectivity index (χ2n) is 4.92. The van der Waals surface area contributed by atoms with Crippen LogP contribution in [0.5, 0.6) is 0 Å². The van der Waals surface area contributed by atoms with Crippen molar-refractivity contribution in [3.8, 4) is 0 Å². The summed E-state index contributed by atoms with van der Waals surface area (Å²) in [5.41, 5.74) is 0.347. The van der Waals surface area contributed by atoms with E-state index >= 15 is 0 Å². The van der Waals surface area contributed by atoms with Crippen LogP contribution >= 0.6 is 0 Å². The number of hydrogen-bond acceptors (Lipinski definition) is 2. The first kappa shape index (κ1) is 12.1. The van der Waals surface area contributed by atoms with E-state index < -0.39 is 11.6 Å². The Morgan fingerprint density at radius 3 is 2.47 bits per heavy atom. The van der Waals surface area contributed by atoms with Crippen LogP contribution in [-0.2, 0) is 6.42 Å². The highest BCUT2D eigenvalue weighted by Crippen LogP contribution is 2.31. The van der Waals surface area contributed by atoms with Crippen molar-refractivity contribution in [2.75, 3.05) is 0 Å². The summed E-state index contributed by atoms with van der Waals surface area (Å²) in [6.45, 7) is 0. The Morgan fingerprint density at radius 1 is 1.18 bits per heavy atom. The first-order valence-electron chi connectivity index (χ1n) is 6.14. The van der Waals surface area contributed by atoms with Crippen molar-refractivity contribution >= 4 is 5.97 Å². The molecule has 1 aromatic rings. The zero-order valence-electron chi connectivity index (χ0n) is 9.85. The molecule has 0 unspecified atom stereocenters. The van der Waals surface area contributed by atoms with Gasteiger partial charge in [-0.05, 0) is 24.5 Å². The van der Waals surface area contributed by atoms with Crippen LogP contribution in [0.25, 0.3) is 0 Å². The summed E-state index contributed by atoms with van der Waals surface area (Å²) in [5, 5.41) is 19.5. The molecular weight excluding hydrogens is 216 g/mol. The Balaban J connectivity index is 2.20. The molecule has 0 amide bonds. The Kier molecular flexibility index (Phi) is 3.48. The number of rotatable bonds is 3. The predicted octanol–water partition coefficient (Wildman–Crippen LogP) is 2.62. The summed E-state index contributed by atoms with van der Waals surface area (Å²) in [4.78, 5) is 11.1. The highest BCUT2D eigenvalue weighted by molar-refractivity contribution is 5.89. The van der Waals surface area contributed by atoms with Crippen LogP contribution in [0, 0.1) is 0 Å². The summed E-state index contributed by atoms with van der Waals surface area (Å²) < 4.78 is 0. The lowest BCUT2D eigenvalue weighted by atomic mass is 9.80. The van der Waals surface area contributed by atoms with E-state index in [0.29, 0.717) is 12.0 Å². The topological polar surface area (TPSA) is 57.5 Å². The number of aliphatic hydroxyl groups is 1. The average Bonchev–Trinajstić information content (AvgIpc) is 2.29. The maximum absolute atomic E-state index is 11.1. The third-order valence-electron chi connectivity index (χ3n) is 3.55. The van der Waals surface area contributed by atoms with Crippen LogP contribution in [0.2, 0.25) is 0 Å². The van der Waals surface area contributed by atoms with Crippen molar-refractivity contribution in [2.24, 2.45) is 0 Å². The fourth-order valence-corrected chi connectivity index (χ4v) is 2.62. The van der Waals surface area contributed by atoms with E-state index in [1.165, 1.54) is 6.42 Å². The van der Waals surface area contributed by atoms with Gasteiger partial charge in [-0.15, -0.1) is 0 Å². The monoisotopic (exact) mass is 234 g/mol. The third kappa shape index (κ3) is 2.86. The molecule has 17 heavy (non-hydrogen) atoms. The van der Waals surface area contributed by atoms with E-state index in [1.54, 1.807) is 18.2 Å². The molecule has 1 aliphatic carbocycles. The lowest BCUT2D eigenvalue weighted by Crippen LogP contribution is -2.34. The van der Waals surface area contributed by atoms with Gasteiger partial charge in [0.1, 0.15) is 0 Å². The van der Waals surface area contributed by atoms with Gasteiger partial charge in [0, 0.05) is 6.42 Å². The van der Waals surface area contributed by atoms with Gasteiger partial charge in [0.2, 0.25) is 0 Å². The van der Waals surface area contributed by atoms with Crippen molar-refractivity contribution in [1.82, 2.24) is 0 Å². The molecule has 3 heteroatoms. The minimum atomic E-state index is -0.917. The summed E-state index contributed by atoms with van der Waals surface area (Å²) in [6.07, 6.45) is 5.25. The molecule has 0 radical (unpaired) electrons. The molecule has 0 atom stereocenters. The van der Waals surface area contributed by atoms with Crippen molar-refractivity contribution in [2.45, 2.75) is 44.1 Å². The van der Waals surface area contributed by atoms with Crippen LogP contribution in [0.15, 0.2) is 24.3 Å². The Bertz CT molecular complexity index is 406. The average molecular weight is 234 g/mol. The standard InChI is InChI=1S/C14H18O3/c15-13(16)12-7-3-2-6-11(12)10-14(17)8-4-1-5-9-14/h2-3,6-7,17H,1,4-5,8-10H2,(H,15,16). The first-order chi connectivity index (χ1) is 8.11. The van der Waals surface area contributed by atoms with E-state index in [4.69, 9.17) is 5.11 Å². The molecule has 1 aliphatic rings. The second-order valence-corrected chi connectivity index (χ2v) is 4.92. The Labute approximate surface area is 101 Å². The SMILES string of the molecule is O=C(O)c1ccccc1CC1(O)CCCCC1. The fraction of sp³-hybridized carbons (Fsp3) is 0.500. The second kappa shape index (κ2) is 4.88. The highest BCUT2D eigenvalue weighted by atomic mass is 16.4. The molecule has 1 fully saturated rings. The minimum absolute atomic E-state index is 0.312. The van der Waals surface area contributed by atoms with Crippen molar-refractivity contribution in [3.63, 3.8) is 0 Å². The molecular formula is C14H18O3. The van der Waals surface area contributed by atoms with Gasteiger partial charge >= 0.3 is 5.97 Å². The fourth-order valence-electron chi connectivity index (χ4n) is 2.62. The lowest BCUT2D eigenvalue weighted by molar-refractivity contribution is 0.00430. The van der Waals surface area contributed by atoms with Crippen molar-refractivity contribution in [1.29, 1.82) is 0 Å². The quantitative estimate of drug-likeness (QED) is 0.845. The minimum Gasteiger partial charge on any atom is -0.478 e. The highest BCUT2D eigenvalue weighted by Gasteiger charge is 2.30. The molecule has 0 aliphatic heterocycles. The van der Waals surface area contributed by atoms with Gasteiger partial charge in [-0.25, -0.2) is 4.79 Å². The molecule has 0 heterocycles. The van der Waals surface area contributed by atoms with Gasteiger partial charge in [-0.3, -0.25) is 0 Å². The zero-order valence-corrected chi connectivity index (χ0v) is 9.85.